The molecule has 0 unspecified atom stereocenters. The predicted molar refractivity (Wildman–Crippen MR) is 43.6 cm³/mol. The van der Waals surface area contributed by atoms with Gasteiger partial charge >= 0.3 is 0 Å². The summed E-state index contributed by atoms with van der Waals surface area (Å²) < 4.78 is 0. The summed E-state index contributed by atoms with van der Waals surface area (Å²) >= 11 is 1.72. The van der Waals surface area contributed by atoms with Crippen LogP contribution in [0.15, 0.2) is 11.0 Å². The summed E-state index contributed by atoms with van der Waals surface area (Å²) in [7, 11) is 0. The fraction of sp³-hybridized carbons (Fsp3) is 0.714. The molecule has 0 rings (SSSR count). The minimum atomic E-state index is 0.305. The molecule has 0 saturated carbocycles. The third kappa shape index (κ3) is 5.93. The molecule has 0 aromatic rings. The van der Waals surface area contributed by atoms with Gasteiger partial charge in [-0.1, -0.05) is 5.57 Å². The van der Waals surface area contributed by atoms with Crippen LogP contribution in [0.1, 0.15) is 19.8 Å². The van der Waals surface area contributed by atoms with Crippen molar-refractivity contribution in [2.45, 2.75) is 19.8 Å². The van der Waals surface area contributed by atoms with Crippen LogP contribution in [0.25, 0.3) is 0 Å². The van der Waals surface area contributed by atoms with Crippen molar-refractivity contribution in [3.8, 4) is 0 Å². The van der Waals surface area contributed by atoms with E-state index in [-0.39, 0.29) is 0 Å². The molecule has 9 heavy (non-hydrogen) atoms. The molecule has 0 atom stereocenters. The van der Waals surface area contributed by atoms with Gasteiger partial charge in [0.05, 0.1) is 0 Å². The molecule has 0 saturated heterocycles. The van der Waals surface area contributed by atoms with Crippen molar-refractivity contribution in [1.82, 2.24) is 0 Å². The normalized spacial score (nSPS) is 12.1. The van der Waals surface area contributed by atoms with Crippen LogP contribution in [-0.2, 0) is 0 Å². The summed E-state index contributed by atoms with van der Waals surface area (Å²) in [6.07, 6.45) is 3.96. The van der Waals surface area contributed by atoms with Crippen LogP contribution in [0.3, 0.4) is 0 Å². The van der Waals surface area contributed by atoms with E-state index in [1.807, 2.05) is 6.26 Å². The van der Waals surface area contributed by atoms with E-state index in [9.17, 15) is 0 Å². The highest BCUT2D eigenvalue weighted by Crippen LogP contribution is 2.07. The van der Waals surface area contributed by atoms with E-state index in [0.717, 1.165) is 12.8 Å². The van der Waals surface area contributed by atoms with Crippen molar-refractivity contribution in [3.05, 3.63) is 11.0 Å². The van der Waals surface area contributed by atoms with Crippen molar-refractivity contribution in [2.24, 2.45) is 0 Å². The number of hydrogen-bond acceptors (Lipinski definition) is 2. The molecule has 0 aliphatic heterocycles. The first kappa shape index (κ1) is 9.05. The second-order valence-corrected chi connectivity index (χ2v) is 2.73. The minimum Gasteiger partial charge on any atom is -0.396 e. The lowest BCUT2D eigenvalue weighted by atomic mass is 10.2. The van der Waals surface area contributed by atoms with E-state index in [1.165, 1.54) is 5.57 Å². The molecule has 0 heterocycles. The van der Waals surface area contributed by atoms with E-state index >= 15 is 0 Å². The third-order valence-corrected chi connectivity index (χ3v) is 1.69. The molecule has 0 spiro atoms. The summed E-state index contributed by atoms with van der Waals surface area (Å²) in [4.78, 5) is 0. The van der Waals surface area contributed by atoms with Gasteiger partial charge in [0, 0.05) is 6.61 Å². The van der Waals surface area contributed by atoms with Crippen LogP contribution in [-0.4, -0.2) is 18.0 Å². The van der Waals surface area contributed by atoms with Gasteiger partial charge in [-0.2, -0.15) is 0 Å². The maximum Gasteiger partial charge on any atom is 0.0434 e. The van der Waals surface area contributed by atoms with Crippen molar-refractivity contribution in [3.63, 3.8) is 0 Å². The van der Waals surface area contributed by atoms with Gasteiger partial charge in [0.15, 0.2) is 0 Å². The Labute approximate surface area is 61.2 Å². The molecule has 1 nitrogen and oxygen atoms in total. The second kappa shape index (κ2) is 6.17. The monoisotopic (exact) mass is 146 g/mol. The van der Waals surface area contributed by atoms with Crippen molar-refractivity contribution >= 4 is 11.8 Å². The SMILES string of the molecule is CS/C=C(/C)CCCO. The average Bonchev–Trinajstić information content (AvgIpc) is 1.85. The van der Waals surface area contributed by atoms with E-state index in [4.69, 9.17) is 5.11 Å². The van der Waals surface area contributed by atoms with Gasteiger partial charge in [0.2, 0.25) is 0 Å². The Hall–Kier alpha value is 0.0500. The third-order valence-electron chi connectivity index (χ3n) is 1.05. The Morgan fingerprint density at radius 1 is 1.67 bits per heavy atom. The van der Waals surface area contributed by atoms with Gasteiger partial charge in [-0.05, 0) is 31.4 Å². The highest BCUT2D eigenvalue weighted by molar-refractivity contribution is 8.01. The van der Waals surface area contributed by atoms with Crippen LogP contribution in [0.4, 0.5) is 0 Å². The van der Waals surface area contributed by atoms with E-state index < -0.39 is 0 Å². The Morgan fingerprint density at radius 2 is 2.33 bits per heavy atom. The Morgan fingerprint density at radius 3 is 2.78 bits per heavy atom. The van der Waals surface area contributed by atoms with Gasteiger partial charge in [-0.25, -0.2) is 0 Å². The van der Waals surface area contributed by atoms with Crippen LogP contribution in [0.2, 0.25) is 0 Å². The first-order valence-electron chi connectivity index (χ1n) is 3.10. The van der Waals surface area contributed by atoms with Crippen molar-refractivity contribution in [1.29, 1.82) is 0 Å². The maximum absolute atomic E-state index is 8.45. The van der Waals surface area contributed by atoms with Gasteiger partial charge in [0.25, 0.3) is 0 Å². The maximum atomic E-state index is 8.45. The summed E-state index contributed by atoms with van der Waals surface area (Å²) in [5, 5.41) is 10.6. The second-order valence-electron chi connectivity index (χ2n) is 2.03. The largest absolute Gasteiger partial charge is 0.396 e. The lowest BCUT2D eigenvalue weighted by Crippen LogP contribution is -1.82. The number of rotatable bonds is 4. The molecule has 0 aliphatic rings. The molecular formula is C7H14OS. The minimum absolute atomic E-state index is 0.305. The number of thioether (sulfide) groups is 1. The molecule has 0 aliphatic carbocycles. The van der Waals surface area contributed by atoms with E-state index in [0.29, 0.717) is 6.61 Å². The molecule has 1 N–H and O–H groups in total. The standard InChI is InChI=1S/C7H14OS/c1-7(6-9-2)4-3-5-8/h6,8H,3-5H2,1-2H3/b7-6-. The number of aliphatic hydroxyl groups excluding tert-OH is 1. The Balaban J connectivity index is 3.25. The summed E-state index contributed by atoms with van der Waals surface area (Å²) in [5.41, 5.74) is 1.36. The number of allylic oxidation sites excluding steroid dienone is 1. The average molecular weight is 146 g/mol. The molecule has 0 aromatic carbocycles. The van der Waals surface area contributed by atoms with Crippen molar-refractivity contribution in [2.75, 3.05) is 12.9 Å². The van der Waals surface area contributed by atoms with Crippen molar-refractivity contribution < 1.29 is 5.11 Å². The zero-order chi connectivity index (χ0) is 7.11. The topological polar surface area (TPSA) is 20.2 Å². The van der Waals surface area contributed by atoms with Crippen LogP contribution in [0, 0.1) is 0 Å². The lowest BCUT2D eigenvalue weighted by Gasteiger charge is -1.95. The zero-order valence-electron chi connectivity index (χ0n) is 6.05. The molecule has 54 valence electrons. The molecule has 0 bridgehead atoms. The summed E-state index contributed by atoms with van der Waals surface area (Å²) in [5.74, 6) is 0. The van der Waals surface area contributed by atoms with Gasteiger partial charge in [-0.3, -0.25) is 0 Å². The van der Waals surface area contributed by atoms with Crippen LogP contribution < -0.4 is 0 Å². The smallest absolute Gasteiger partial charge is 0.0434 e. The Kier molecular flexibility index (Phi) is 6.21. The quantitative estimate of drug-likeness (QED) is 0.655. The van der Waals surface area contributed by atoms with Gasteiger partial charge < -0.3 is 5.11 Å². The summed E-state index contributed by atoms with van der Waals surface area (Å²) in [6.45, 7) is 2.39. The first-order chi connectivity index (χ1) is 4.31. The fourth-order valence-corrected chi connectivity index (χ4v) is 1.14. The molecule has 0 radical (unpaired) electrons. The highest BCUT2D eigenvalue weighted by atomic mass is 32.2. The van der Waals surface area contributed by atoms with Gasteiger partial charge in [0.1, 0.15) is 0 Å². The number of hydrogen-bond donors (Lipinski definition) is 1. The molecule has 2 heteroatoms. The summed E-state index contributed by atoms with van der Waals surface area (Å²) in [6, 6.07) is 0. The van der Waals surface area contributed by atoms with E-state index in [1.54, 1.807) is 11.8 Å². The zero-order valence-corrected chi connectivity index (χ0v) is 6.87. The lowest BCUT2D eigenvalue weighted by molar-refractivity contribution is 0.288. The number of aliphatic hydroxyl groups is 1. The highest BCUT2D eigenvalue weighted by Gasteiger charge is 1.86. The van der Waals surface area contributed by atoms with Crippen LogP contribution in [0.5, 0.6) is 0 Å². The molecule has 0 fully saturated rings. The predicted octanol–water partition coefficient (Wildman–Crippen LogP) is 2.03. The van der Waals surface area contributed by atoms with E-state index in [2.05, 4.69) is 12.3 Å². The van der Waals surface area contributed by atoms with Crippen LogP contribution >= 0.6 is 11.8 Å². The van der Waals surface area contributed by atoms with Gasteiger partial charge in [-0.15, -0.1) is 11.8 Å². The molecular weight excluding hydrogens is 132 g/mol. The first-order valence-corrected chi connectivity index (χ1v) is 4.39. The molecule has 0 amide bonds. The molecule has 0 aromatic heterocycles. The fourth-order valence-electron chi connectivity index (χ4n) is 0.618. The Bertz CT molecular complexity index is 88.9.